The van der Waals surface area contributed by atoms with E-state index in [9.17, 15) is 4.79 Å². The van der Waals surface area contributed by atoms with Gasteiger partial charge in [0.05, 0.1) is 12.2 Å². The summed E-state index contributed by atoms with van der Waals surface area (Å²) < 4.78 is 10.8. The van der Waals surface area contributed by atoms with Crippen molar-refractivity contribution in [2.45, 2.75) is 26.8 Å². The van der Waals surface area contributed by atoms with E-state index in [-0.39, 0.29) is 5.91 Å². The van der Waals surface area contributed by atoms with Crippen LogP contribution in [0.2, 0.25) is 0 Å². The fourth-order valence-corrected chi connectivity index (χ4v) is 2.50. The van der Waals surface area contributed by atoms with E-state index < -0.39 is 6.04 Å². The average Bonchev–Trinajstić information content (AvgIpc) is 3.13. The number of para-hydroxylation sites is 1. The van der Waals surface area contributed by atoms with Gasteiger partial charge in [-0.15, -0.1) is 0 Å². The molecule has 0 saturated heterocycles. The van der Waals surface area contributed by atoms with Crippen molar-refractivity contribution >= 4 is 5.91 Å². The average molecular weight is 351 g/mol. The summed E-state index contributed by atoms with van der Waals surface area (Å²) in [4.78, 5) is 16.9. The second-order valence-corrected chi connectivity index (χ2v) is 5.95. The quantitative estimate of drug-likeness (QED) is 0.728. The maximum absolute atomic E-state index is 12.6. The number of carbonyl (C=O) groups is 1. The Morgan fingerprint density at radius 2 is 1.92 bits per heavy atom. The molecule has 1 amide bonds. The molecule has 0 spiro atoms. The summed E-state index contributed by atoms with van der Waals surface area (Å²) in [5, 5.41) is 6.87. The summed E-state index contributed by atoms with van der Waals surface area (Å²) >= 11 is 0. The van der Waals surface area contributed by atoms with Gasteiger partial charge in [0.2, 0.25) is 11.7 Å². The lowest BCUT2D eigenvalue weighted by Crippen LogP contribution is -2.27. The maximum Gasteiger partial charge on any atom is 0.255 e. The fraction of sp³-hybridized carbons (Fsp3) is 0.250. The second kappa shape index (κ2) is 7.82. The van der Waals surface area contributed by atoms with Crippen molar-refractivity contribution in [1.29, 1.82) is 0 Å². The van der Waals surface area contributed by atoms with Crippen LogP contribution in [0.25, 0.3) is 11.4 Å². The minimum Gasteiger partial charge on any atom is -0.493 e. The molecule has 1 heterocycles. The van der Waals surface area contributed by atoms with E-state index >= 15 is 0 Å². The zero-order valence-corrected chi connectivity index (χ0v) is 15.0. The minimum absolute atomic E-state index is 0.253. The first-order valence-corrected chi connectivity index (χ1v) is 8.51. The van der Waals surface area contributed by atoms with Gasteiger partial charge in [0.15, 0.2) is 0 Å². The molecule has 0 radical (unpaired) electrons. The lowest BCUT2D eigenvalue weighted by molar-refractivity contribution is 0.0928. The van der Waals surface area contributed by atoms with Crippen LogP contribution < -0.4 is 10.1 Å². The molecule has 2 aromatic carbocycles. The van der Waals surface area contributed by atoms with Crippen LogP contribution in [0.1, 0.15) is 41.7 Å². The largest absolute Gasteiger partial charge is 0.493 e. The van der Waals surface area contributed by atoms with Gasteiger partial charge in [-0.3, -0.25) is 4.79 Å². The topological polar surface area (TPSA) is 77.2 Å². The van der Waals surface area contributed by atoms with Crippen LogP contribution in [0.4, 0.5) is 0 Å². The van der Waals surface area contributed by atoms with E-state index in [2.05, 4.69) is 15.5 Å². The van der Waals surface area contributed by atoms with Crippen LogP contribution in [-0.2, 0) is 0 Å². The molecule has 0 aliphatic carbocycles. The molecular formula is C20H21N3O3. The first-order valence-electron chi connectivity index (χ1n) is 8.51. The Morgan fingerprint density at radius 3 is 2.65 bits per heavy atom. The molecule has 1 aromatic heterocycles. The molecule has 1 atom stereocenters. The van der Waals surface area contributed by atoms with Crippen LogP contribution in [0.15, 0.2) is 53.1 Å². The molecule has 1 unspecified atom stereocenters. The Bertz CT molecular complexity index is 887. The molecule has 0 saturated carbocycles. The molecule has 3 rings (SSSR count). The zero-order chi connectivity index (χ0) is 18.5. The summed E-state index contributed by atoms with van der Waals surface area (Å²) in [5.41, 5.74) is 2.50. The Morgan fingerprint density at radius 1 is 1.19 bits per heavy atom. The zero-order valence-electron chi connectivity index (χ0n) is 15.0. The minimum atomic E-state index is -0.427. The molecule has 6 heteroatoms. The lowest BCUT2D eigenvalue weighted by Gasteiger charge is -2.12. The van der Waals surface area contributed by atoms with Crippen LogP contribution in [0.5, 0.6) is 5.75 Å². The normalized spacial score (nSPS) is 11.8. The van der Waals surface area contributed by atoms with Gasteiger partial charge >= 0.3 is 0 Å². The van der Waals surface area contributed by atoms with Crippen LogP contribution in [-0.4, -0.2) is 22.7 Å². The first-order chi connectivity index (χ1) is 12.6. The van der Waals surface area contributed by atoms with Crippen molar-refractivity contribution in [2.24, 2.45) is 0 Å². The molecule has 3 aromatic rings. The number of aromatic nitrogens is 2. The third-order valence-corrected chi connectivity index (χ3v) is 3.90. The summed E-state index contributed by atoms with van der Waals surface area (Å²) in [6.45, 7) is 6.18. The maximum atomic E-state index is 12.6. The Kier molecular flexibility index (Phi) is 5.31. The van der Waals surface area contributed by atoms with E-state index in [4.69, 9.17) is 9.26 Å². The molecule has 1 N–H and O–H groups in total. The van der Waals surface area contributed by atoms with Crippen molar-refractivity contribution in [2.75, 3.05) is 6.61 Å². The SMILES string of the molecule is CCOc1ccccc1C(=O)NC(C)c1nc(-c2ccc(C)cc2)no1. The number of hydrogen-bond donors (Lipinski definition) is 1. The highest BCUT2D eigenvalue weighted by molar-refractivity contribution is 5.97. The third kappa shape index (κ3) is 3.91. The van der Waals surface area contributed by atoms with E-state index in [0.717, 1.165) is 11.1 Å². The highest BCUT2D eigenvalue weighted by Crippen LogP contribution is 2.21. The van der Waals surface area contributed by atoms with Gasteiger partial charge < -0.3 is 14.6 Å². The van der Waals surface area contributed by atoms with E-state index in [1.54, 1.807) is 25.1 Å². The van der Waals surface area contributed by atoms with Crippen LogP contribution in [0, 0.1) is 6.92 Å². The number of amides is 1. The van der Waals surface area contributed by atoms with Crippen LogP contribution >= 0.6 is 0 Å². The first kappa shape index (κ1) is 17.7. The van der Waals surface area contributed by atoms with E-state index in [1.165, 1.54) is 0 Å². The van der Waals surface area contributed by atoms with Gasteiger partial charge in [-0.2, -0.15) is 4.98 Å². The van der Waals surface area contributed by atoms with Gasteiger partial charge in [-0.1, -0.05) is 47.1 Å². The smallest absolute Gasteiger partial charge is 0.255 e. The number of nitrogens with zero attached hydrogens (tertiary/aromatic N) is 2. The molecule has 134 valence electrons. The Labute approximate surface area is 152 Å². The number of hydrogen-bond acceptors (Lipinski definition) is 5. The molecule has 6 nitrogen and oxygen atoms in total. The number of nitrogens with one attached hydrogen (secondary N) is 1. The van der Waals surface area contributed by atoms with E-state index in [0.29, 0.717) is 29.6 Å². The van der Waals surface area contributed by atoms with Gasteiger partial charge in [-0.25, -0.2) is 0 Å². The van der Waals surface area contributed by atoms with Crippen molar-refractivity contribution in [3.05, 3.63) is 65.5 Å². The molecule has 0 bridgehead atoms. The fourth-order valence-electron chi connectivity index (χ4n) is 2.50. The number of rotatable bonds is 6. The van der Waals surface area contributed by atoms with Crippen molar-refractivity contribution in [1.82, 2.24) is 15.5 Å². The highest BCUT2D eigenvalue weighted by atomic mass is 16.5. The second-order valence-electron chi connectivity index (χ2n) is 5.95. The summed E-state index contributed by atoms with van der Waals surface area (Å²) in [5.74, 6) is 1.14. The number of benzene rings is 2. The molecule has 0 aliphatic rings. The number of carbonyl (C=O) groups excluding carboxylic acids is 1. The Hall–Kier alpha value is -3.15. The monoisotopic (exact) mass is 351 g/mol. The standard InChI is InChI=1S/C20H21N3O3/c1-4-25-17-8-6-5-7-16(17)19(24)21-14(3)20-22-18(23-26-20)15-11-9-13(2)10-12-15/h5-12,14H,4H2,1-3H3,(H,21,24). The van der Waals surface area contributed by atoms with Crippen molar-refractivity contribution in [3.8, 4) is 17.1 Å². The number of ether oxygens (including phenoxy) is 1. The van der Waals surface area contributed by atoms with Crippen LogP contribution in [0.3, 0.4) is 0 Å². The van der Waals surface area contributed by atoms with Crippen molar-refractivity contribution < 1.29 is 14.1 Å². The van der Waals surface area contributed by atoms with Gasteiger partial charge in [0.25, 0.3) is 5.91 Å². The van der Waals surface area contributed by atoms with E-state index in [1.807, 2.05) is 44.2 Å². The predicted octanol–water partition coefficient (Wildman–Crippen LogP) is 3.93. The predicted molar refractivity (Wildman–Crippen MR) is 98.0 cm³/mol. The van der Waals surface area contributed by atoms with Crippen molar-refractivity contribution in [3.63, 3.8) is 0 Å². The lowest BCUT2D eigenvalue weighted by atomic mass is 10.1. The third-order valence-electron chi connectivity index (χ3n) is 3.90. The number of aryl methyl sites for hydroxylation is 1. The summed E-state index contributed by atoms with van der Waals surface area (Å²) in [7, 11) is 0. The molecule has 26 heavy (non-hydrogen) atoms. The van der Waals surface area contributed by atoms with Gasteiger partial charge in [0.1, 0.15) is 11.8 Å². The molecule has 0 aliphatic heterocycles. The van der Waals surface area contributed by atoms with Gasteiger partial charge in [-0.05, 0) is 32.9 Å². The summed E-state index contributed by atoms with van der Waals surface area (Å²) in [6, 6.07) is 14.5. The highest BCUT2D eigenvalue weighted by Gasteiger charge is 2.20. The molecule has 0 fully saturated rings. The summed E-state index contributed by atoms with van der Waals surface area (Å²) in [6.07, 6.45) is 0. The molecular weight excluding hydrogens is 330 g/mol. The Balaban J connectivity index is 1.73. The van der Waals surface area contributed by atoms with Gasteiger partial charge in [0, 0.05) is 5.56 Å².